The number of nitrogens with zero attached hydrogens (tertiary/aromatic N) is 2. The minimum Gasteiger partial charge on any atom is -0.330 e. The predicted octanol–water partition coefficient (Wildman–Crippen LogP) is 3.69. The van der Waals surface area contributed by atoms with Gasteiger partial charge in [-0.1, -0.05) is 48.0 Å². The third-order valence-corrected chi connectivity index (χ3v) is 3.64. The molecule has 0 spiro atoms. The summed E-state index contributed by atoms with van der Waals surface area (Å²) < 4.78 is 1.92. The van der Waals surface area contributed by atoms with Crippen LogP contribution in [0.15, 0.2) is 60.7 Å². The van der Waals surface area contributed by atoms with Crippen molar-refractivity contribution in [3.05, 3.63) is 71.4 Å². The Morgan fingerprint density at radius 2 is 1.71 bits per heavy atom. The number of para-hydroxylation sites is 1. The van der Waals surface area contributed by atoms with Gasteiger partial charge < -0.3 is 5.73 Å². The van der Waals surface area contributed by atoms with Gasteiger partial charge in [0.05, 0.1) is 17.1 Å². The highest BCUT2D eigenvalue weighted by Gasteiger charge is 2.13. The Morgan fingerprint density at radius 1 is 1.00 bits per heavy atom. The predicted molar refractivity (Wildman–Crippen MR) is 86.8 cm³/mol. The molecule has 0 radical (unpaired) electrons. The second-order valence-electron chi connectivity index (χ2n) is 4.79. The number of aromatic nitrogens is 2. The first kappa shape index (κ1) is 13.9. The summed E-state index contributed by atoms with van der Waals surface area (Å²) in [6, 6.07) is 19.9. The molecule has 2 N–H and O–H groups in total. The van der Waals surface area contributed by atoms with Crippen LogP contribution in [0.4, 0.5) is 0 Å². The first-order valence-electron chi connectivity index (χ1n) is 6.89. The van der Waals surface area contributed by atoms with Crippen molar-refractivity contribution in [1.29, 1.82) is 0 Å². The van der Waals surface area contributed by atoms with Crippen LogP contribution >= 0.6 is 11.6 Å². The van der Waals surface area contributed by atoms with Gasteiger partial charge in [-0.25, -0.2) is 4.68 Å². The highest BCUT2D eigenvalue weighted by molar-refractivity contribution is 6.33. The molecule has 3 rings (SSSR count). The fourth-order valence-corrected chi connectivity index (χ4v) is 2.56. The standard InChI is InChI=1S/C17H16ClN3/c18-16-9-5-4-8-15(16)17-12-13(10-11-19)20-21(17)14-6-2-1-3-7-14/h1-9,12H,10-11,19H2. The maximum Gasteiger partial charge on any atom is 0.0758 e. The molecule has 3 aromatic rings. The normalized spacial score (nSPS) is 10.8. The molecule has 0 unspecified atom stereocenters. The first-order valence-corrected chi connectivity index (χ1v) is 7.26. The summed E-state index contributed by atoms with van der Waals surface area (Å²) in [4.78, 5) is 0. The minimum absolute atomic E-state index is 0.577. The van der Waals surface area contributed by atoms with Crippen molar-refractivity contribution in [2.24, 2.45) is 5.73 Å². The highest BCUT2D eigenvalue weighted by Crippen LogP contribution is 2.30. The highest BCUT2D eigenvalue weighted by atomic mass is 35.5. The molecule has 0 atom stereocenters. The van der Waals surface area contributed by atoms with Crippen LogP contribution in [0.2, 0.25) is 5.02 Å². The van der Waals surface area contributed by atoms with Gasteiger partial charge in [-0.2, -0.15) is 5.10 Å². The van der Waals surface area contributed by atoms with Crippen LogP contribution in [0.3, 0.4) is 0 Å². The van der Waals surface area contributed by atoms with Gasteiger partial charge in [-0.15, -0.1) is 0 Å². The molecule has 21 heavy (non-hydrogen) atoms. The summed E-state index contributed by atoms with van der Waals surface area (Å²) in [7, 11) is 0. The van der Waals surface area contributed by atoms with Gasteiger partial charge in [0, 0.05) is 17.0 Å². The molecule has 2 aromatic carbocycles. The van der Waals surface area contributed by atoms with E-state index in [4.69, 9.17) is 17.3 Å². The number of nitrogens with two attached hydrogens (primary N) is 1. The summed E-state index contributed by atoms with van der Waals surface area (Å²) in [6.45, 7) is 0.577. The molecule has 0 amide bonds. The Hall–Kier alpha value is -2.10. The quantitative estimate of drug-likeness (QED) is 0.798. The molecule has 0 bridgehead atoms. The van der Waals surface area contributed by atoms with E-state index in [2.05, 4.69) is 11.2 Å². The van der Waals surface area contributed by atoms with Gasteiger partial charge in [-0.3, -0.25) is 0 Å². The lowest BCUT2D eigenvalue weighted by Crippen LogP contribution is -2.04. The first-order chi connectivity index (χ1) is 10.3. The van der Waals surface area contributed by atoms with Crippen molar-refractivity contribution < 1.29 is 0 Å². The summed E-state index contributed by atoms with van der Waals surface area (Å²) in [5, 5.41) is 5.38. The van der Waals surface area contributed by atoms with Crippen molar-refractivity contribution in [2.45, 2.75) is 6.42 Å². The fraction of sp³-hybridized carbons (Fsp3) is 0.118. The molecule has 4 heteroatoms. The zero-order valence-electron chi connectivity index (χ0n) is 11.5. The Kier molecular flexibility index (Phi) is 4.04. The monoisotopic (exact) mass is 297 g/mol. The van der Waals surface area contributed by atoms with Crippen LogP contribution in [0.5, 0.6) is 0 Å². The fourth-order valence-electron chi connectivity index (χ4n) is 2.33. The number of hydrogen-bond donors (Lipinski definition) is 1. The van der Waals surface area contributed by atoms with E-state index in [9.17, 15) is 0 Å². The number of rotatable bonds is 4. The van der Waals surface area contributed by atoms with E-state index in [0.717, 1.165) is 29.1 Å². The Labute approximate surface area is 129 Å². The average Bonchev–Trinajstić information content (AvgIpc) is 2.93. The molecule has 0 aliphatic heterocycles. The maximum absolute atomic E-state index is 6.34. The molecule has 106 valence electrons. The SMILES string of the molecule is NCCc1cc(-c2ccccc2Cl)n(-c2ccccc2)n1. The molecule has 3 nitrogen and oxygen atoms in total. The molecule has 0 saturated carbocycles. The minimum atomic E-state index is 0.577. The maximum atomic E-state index is 6.34. The third-order valence-electron chi connectivity index (χ3n) is 3.31. The van der Waals surface area contributed by atoms with Gasteiger partial charge in [0.25, 0.3) is 0 Å². The van der Waals surface area contributed by atoms with Crippen LogP contribution in [0.1, 0.15) is 5.69 Å². The van der Waals surface area contributed by atoms with Gasteiger partial charge in [-0.05, 0) is 30.8 Å². The summed E-state index contributed by atoms with van der Waals surface area (Å²) in [5.74, 6) is 0. The molecule has 0 aliphatic carbocycles. The van der Waals surface area contributed by atoms with Crippen LogP contribution < -0.4 is 5.73 Å². The Balaban J connectivity index is 2.17. The summed E-state index contributed by atoms with van der Waals surface area (Å²) in [5.41, 5.74) is 9.58. The van der Waals surface area contributed by atoms with E-state index in [0.29, 0.717) is 11.6 Å². The van der Waals surface area contributed by atoms with E-state index in [1.165, 1.54) is 0 Å². The molecule has 0 fully saturated rings. The summed E-state index contributed by atoms with van der Waals surface area (Å²) in [6.07, 6.45) is 0.747. The van der Waals surface area contributed by atoms with Crippen molar-refractivity contribution in [1.82, 2.24) is 9.78 Å². The van der Waals surface area contributed by atoms with E-state index in [1.807, 2.05) is 59.3 Å². The zero-order valence-corrected chi connectivity index (χ0v) is 12.3. The molecule has 1 heterocycles. The molecule has 0 saturated heterocycles. The van der Waals surface area contributed by atoms with Crippen molar-refractivity contribution in [2.75, 3.05) is 6.54 Å². The number of benzene rings is 2. The van der Waals surface area contributed by atoms with E-state index >= 15 is 0 Å². The van der Waals surface area contributed by atoms with Gasteiger partial charge in [0.1, 0.15) is 0 Å². The van der Waals surface area contributed by atoms with Crippen LogP contribution in [-0.4, -0.2) is 16.3 Å². The van der Waals surface area contributed by atoms with Crippen molar-refractivity contribution >= 4 is 11.6 Å². The van der Waals surface area contributed by atoms with Crippen molar-refractivity contribution in [3.63, 3.8) is 0 Å². The van der Waals surface area contributed by atoms with Gasteiger partial charge in [0.15, 0.2) is 0 Å². The van der Waals surface area contributed by atoms with E-state index in [-0.39, 0.29) is 0 Å². The number of halogens is 1. The second kappa shape index (κ2) is 6.12. The molecular weight excluding hydrogens is 282 g/mol. The molecule has 1 aromatic heterocycles. The molecule has 0 aliphatic rings. The van der Waals surface area contributed by atoms with Crippen LogP contribution in [-0.2, 0) is 6.42 Å². The number of hydrogen-bond acceptors (Lipinski definition) is 2. The average molecular weight is 298 g/mol. The second-order valence-corrected chi connectivity index (χ2v) is 5.19. The Bertz CT molecular complexity index is 735. The van der Waals surface area contributed by atoms with Gasteiger partial charge in [0.2, 0.25) is 0 Å². The zero-order chi connectivity index (χ0) is 14.7. The van der Waals surface area contributed by atoms with Crippen LogP contribution in [0.25, 0.3) is 16.9 Å². The van der Waals surface area contributed by atoms with E-state index in [1.54, 1.807) is 0 Å². The Morgan fingerprint density at radius 3 is 2.43 bits per heavy atom. The lowest BCUT2D eigenvalue weighted by atomic mass is 10.1. The van der Waals surface area contributed by atoms with Crippen molar-refractivity contribution in [3.8, 4) is 16.9 Å². The topological polar surface area (TPSA) is 43.8 Å². The molecular formula is C17H16ClN3. The van der Waals surface area contributed by atoms with Gasteiger partial charge >= 0.3 is 0 Å². The van der Waals surface area contributed by atoms with E-state index < -0.39 is 0 Å². The largest absolute Gasteiger partial charge is 0.330 e. The third kappa shape index (κ3) is 2.84. The smallest absolute Gasteiger partial charge is 0.0758 e. The summed E-state index contributed by atoms with van der Waals surface area (Å²) >= 11 is 6.34. The lowest BCUT2D eigenvalue weighted by molar-refractivity contribution is 0.826. The van der Waals surface area contributed by atoms with Crippen LogP contribution in [0, 0.1) is 0 Å². The lowest BCUT2D eigenvalue weighted by Gasteiger charge is -2.08.